The Morgan fingerprint density at radius 1 is 1.41 bits per heavy atom. The SMILES string of the molecule is CNC(=O)c1ccc(Cl)c(NC(=O)CCBr)c1. The van der Waals surface area contributed by atoms with E-state index in [-0.39, 0.29) is 11.8 Å². The standard InChI is InChI=1S/C11H12BrClN2O2/c1-14-11(17)7-2-3-8(13)9(6-7)15-10(16)4-5-12/h2-3,6H,4-5H2,1H3,(H,14,17)(H,15,16). The number of alkyl halides is 1. The first-order chi connectivity index (χ1) is 8.08. The van der Waals surface area contributed by atoms with E-state index in [1.54, 1.807) is 25.2 Å². The smallest absolute Gasteiger partial charge is 0.251 e. The number of amides is 2. The van der Waals surface area contributed by atoms with Crippen LogP contribution in [-0.4, -0.2) is 24.2 Å². The molecule has 1 aromatic carbocycles. The van der Waals surface area contributed by atoms with Gasteiger partial charge in [0.1, 0.15) is 0 Å². The lowest BCUT2D eigenvalue weighted by atomic mass is 10.2. The van der Waals surface area contributed by atoms with E-state index in [9.17, 15) is 9.59 Å². The normalized spacial score (nSPS) is 9.82. The maximum absolute atomic E-state index is 11.4. The molecule has 0 aliphatic heterocycles. The molecule has 0 heterocycles. The molecule has 92 valence electrons. The summed E-state index contributed by atoms with van der Waals surface area (Å²) in [7, 11) is 1.54. The van der Waals surface area contributed by atoms with Gasteiger partial charge in [0, 0.05) is 24.4 Å². The van der Waals surface area contributed by atoms with Crippen molar-refractivity contribution in [3.8, 4) is 0 Å². The van der Waals surface area contributed by atoms with Gasteiger partial charge in [-0.2, -0.15) is 0 Å². The first-order valence-corrected chi connectivity index (χ1v) is 6.46. The molecule has 0 aliphatic carbocycles. The summed E-state index contributed by atoms with van der Waals surface area (Å²) in [4.78, 5) is 22.8. The lowest BCUT2D eigenvalue weighted by Crippen LogP contribution is -2.18. The van der Waals surface area contributed by atoms with E-state index in [2.05, 4.69) is 26.6 Å². The molecule has 0 atom stereocenters. The molecule has 0 saturated heterocycles. The minimum Gasteiger partial charge on any atom is -0.355 e. The Kier molecular flexibility index (Phi) is 5.44. The zero-order valence-electron chi connectivity index (χ0n) is 9.22. The van der Waals surface area contributed by atoms with E-state index in [1.165, 1.54) is 0 Å². The summed E-state index contributed by atoms with van der Waals surface area (Å²) in [5, 5.41) is 6.13. The zero-order valence-corrected chi connectivity index (χ0v) is 11.6. The van der Waals surface area contributed by atoms with Crippen molar-refractivity contribution in [2.75, 3.05) is 17.7 Å². The highest BCUT2D eigenvalue weighted by molar-refractivity contribution is 9.09. The average molecular weight is 320 g/mol. The van der Waals surface area contributed by atoms with E-state index in [1.807, 2.05) is 0 Å². The largest absolute Gasteiger partial charge is 0.355 e. The summed E-state index contributed by atoms with van der Waals surface area (Å²) in [6.07, 6.45) is 0.348. The van der Waals surface area contributed by atoms with Crippen molar-refractivity contribution in [3.63, 3.8) is 0 Å². The van der Waals surface area contributed by atoms with E-state index < -0.39 is 0 Å². The van der Waals surface area contributed by atoms with Crippen LogP contribution >= 0.6 is 27.5 Å². The Bertz CT molecular complexity index is 437. The quantitative estimate of drug-likeness (QED) is 0.837. The second-order valence-electron chi connectivity index (χ2n) is 3.26. The van der Waals surface area contributed by atoms with Crippen LogP contribution in [0.3, 0.4) is 0 Å². The molecule has 2 N–H and O–H groups in total. The van der Waals surface area contributed by atoms with Crippen LogP contribution < -0.4 is 10.6 Å². The number of benzene rings is 1. The van der Waals surface area contributed by atoms with Crippen LogP contribution in [0.5, 0.6) is 0 Å². The molecule has 1 rings (SSSR count). The minimum atomic E-state index is -0.224. The molecule has 17 heavy (non-hydrogen) atoms. The van der Waals surface area contributed by atoms with E-state index >= 15 is 0 Å². The third-order valence-corrected chi connectivity index (χ3v) is 2.78. The van der Waals surface area contributed by atoms with Crippen molar-refractivity contribution in [2.24, 2.45) is 0 Å². The van der Waals surface area contributed by atoms with Gasteiger partial charge in [-0.3, -0.25) is 9.59 Å². The highest BCUT2D eigenvalue weighted by atomic mass is 79.9. The number of anilines is 1. The fourth-order valence-electron chi connectivity index (χ4n) is 1.21. The van der Waals surface area contributed by atoms with Gasteiger partial charge < -0.3 is 10.6 Å². The summed E-state index contributed by atoms with van der Waals surface area (Å²) in [6.45, 7) is 0. The summed E-state index contributed by atoms with van der Waals surface area (Å²) in [6, 6.07) is 4.73. The van der Waals surface area contributed by atoms with Gasteiger partial charge in [-0.15, -0.1) is 0 Å². The fraction of sp³-hybridized carbons (Fsp3) is 0.273. The maximum Gasteiger partial charge on any atom is 0.251 e. The van der Waals surface area contributed by atoms with Crippen LogP contribution in [0.1, 0.15) is 16.8 Å². The molecule has 4 nitrogen and oxygen atoms in total. The Morgan fingerprint density at radius 3 is 2.71 bits per heavy atom. The molecule has 0 spiro atoms. The van der Waals surface area contributed by atoms with Gasteiger partial charge in [0.2, 0.25) is 5.91 Å². The maximum atomic E-state index is 11.4. The molecule has 0 radical (unpaired) electrons. The van der Waals surface area contributed by atoms with Gasteiger partial charge in [0.25, 0.3) is 5.91 Å². The molecule has 0 fully saturated rings. The predicted molar refractivity (Wildman–Crippen MR) is 71.9 cm³/mol. The Morgan fingerprint density at radius 2 is 2.12 bits per heavy atom. The summed E-state index contributed by atoms with van der Waals surface area (Å²) < 4.78 is 0. The van der Waals surface area contributed by atoms with Gasteiger partial charge in [-0.05, 0) is 18.2 Å². The molecule has 0 aromatic heterocycles. The fourth-order valence-corrected chi connectivity index (χ4v) is 1.73. The molecular formula is C11H12BrClN2O2. The molecule has 2 amide bonds. The molecule has 1 aromatic rings. The van der Waals surface area contributed by atoms with Gasteiger partial charge in [-0.1, -0.05) is 27.5 Å². The highest BCUT2D eigenvalue weighted by Crippen LogP contribution is 2.23. The van der Waals surface area contributed by atoms with Crippen molar-refractivity contribution in [2.45, 2.75) is 6.42 Å². The Labute approximate surface area is 113 Å². The number of carbonyl (C=O) groups is 2. The van der Waals surface area contributed by atoms with Crippen LogP contribution in [0.25, 0.3) is 0 Å². The average Bonchev–Trinajstić information content (AvgIpc) is 2.31. The topological polar surface area (TPSA) is 58.2 Å². The van der Waals surface area contributed by atoms with Crippen LogP contribution in [0.15, 0.2) is 18.2 Å². The minimum absolute atomic E-state index is 0.155. The van der Waals surface area contributed by atoms with Crippen LogP contribution in [0.4, 0.5) is 5.69 Å². The lowest BCUT2D eigenvalue weighted by molar-refractivity contribution is -0.115. The van der Waals surface area contributed by atoms with Crippen molar-refractivity contribution < 1.29 is 9.59 Å². The molecule has 0 unspecified atom stereocenters. The Balaban J connectivity index is 2.90. The summed E-state index contributed by atoms with van der Waals surface area (Å²) in [5.41, 5.74) is 0.893. The molecule has 0 bridgehead atoms. The van der Waals surface area contributed by atoms with E-state index in [0.717, 1.165) is 0 Å². The van der Waals surface area contributed by atoms with E-state index in [0.29, 0.717) is 28.0 Å². The third kappa shape index (κ3) is 4.02. The van der Waals surface area contributed by atoms with Crippen molar-refractivity contribution in [3.05, 3.63) is 28.8 Å². The second kappa shape index (κ2) is 6.61. The second-order valence-corrected chi connectivity index (χ2v) is 4.46. The van der Waals surface area contributed by atoms with E-state index in [4.69, 9.17) is 11.6 Å². The van der Waals surface area contributed by atoms with Crippen molar-refractivity contribution >= 4 is 45.0 Å². The molecular weight excluding hydrogens is 307 g/mol. The van der Waals surface area contributed by atoms with Gasteiger partial charge >= 0.3 is 0 Å². The number of carbonyl (C=O) groups excluding carboxylic acids is 2. The molecule has 6 heteroatoms. The number of hydrogen-bond acceptors (Lipinski definition) is 2. The van der Waals surface area contributed by atoms with Crippen LogP contribution in [0, 0.1) is 0 Å². The zero-order chi connectivity index (χ0) is 12.8. The lowest BCUT2D eigenvalue weighted by Gasteiger charge is -2.08. The first-order valence-electron chi connectivity index (χ1n) is 4.96. The van der Waals surface area contributed by atoms with Gasteiger partial charge in [-0.25, -0.2) is 0 Å². The van der Waals surface area contributed by atoms with Crippen molar-refractivity contribution in [1.82, 2.24) is 5.32 Å². The van der Waals surface area contributed by atoms with Crippen LogP contribution in [-0.2, 0) is 4.79 Å². The highest BCUT2D eigenvalue weighted by Gasteiger charge is 2.09. The molecule has 0 saturated carbocycles. The number of hydrogen-bond donors (Lipinski definition) is 2. The van der Waals surface area contributed by atoms with Crippen molar-refractivity contribution in [1.29, 1.82) is 0 Å². The predicted octanol–water partition coefficient (Wildman–Crippen LogP) is 2.42. The van der Waals surface area contributed by atoms with Gasteiger partial charge in [0.05, 0.1) is 10.7 Å². The summed E-state index contributed by atoms with van der Waals surface area (Å²) in [5.74, 6) is -0.379. The third-order valence-electron chi connectivity index (χ3n) is 2.05. The molecule has 0 aliphatic rings. The number of halogens is 2. The number of rotatable bonds is 4. The monoisotopic (exact) mass is 318 g/mol. The van der Waals surface area contributed by atoms with Gasteiger partial charge in [0.15, 0.2) is 0 Å². The Hall–Kier alpha value is -1.07. The first kappa shape index (κ1) is 14.0. The summed E-state index contributed by atoms with van der Waals surface area (Å²) >= 11 is 9.10. The number of nitrogens with one attached hydrogen (secondary N) is 2. The van der Waals surface area contributed by atoms with Crippen LogP contribution in [0.2, 0.25) is 5.02 Å².